The first-order valence-corrected chi connectivity index (χ1v) is 7.88. The molecule has 1 aromatic carbocycles. The molecule has 1 nitrogen and oxygen atoms in total. The fraction of sp³-hybridized carbons (Fsp3) is 0.600. The van der Waals surface area contributed by atoms with E-state index in [9.17, 15) is 0 Å². The molecule has 0 heterocycles. The van der Waals surface area contributed by atoms with Crippen molar-refractivity contribution in [2.45, 2.75) is 38.6 Å². The van der Waals surface area contributed by atoms with Gasteiger partial charge in [0.15, 0.2) is 0 Å². The first-order chi connectivity index (χ1) is 8.22. The van der Waals surface area contributed by atoms with Gasteiger partial charge in [-0.25, -0.2) is 0 Å². The topological polar surface area (TPSA) is 12.0 Å². The Balaban J connectivity index is 2.70. The number of thioether (sulfide) groups is 1. The molecule has 1 N–H and O–H groups in total. The van der Waals surface area contributed by atoms with E-state index in [1.807, 2.05) is 18.8 Å². The smallest absolute Gasteiger partial charge is 0.0325 e. The molecule has 0 aliphatic heterocycles. The Bertz CT molecular complexity index is 307. The summed E-state index contributed by atoms with van der Waals surface area (Å²) >= 11 is 1.91. The lowest BCUT2D eigenvalue weighted by atomic mass is 9.95. The van der Waals surface area contributed by atoms with Gasteiger partial charge in [0.1, 0.15) is 0 Å². The Hall–Kier alpha value is -0.470. The van der Waals surface area contributed by atoms with Crippen molar-refractivity contribution in [2.75, 3.05) is 19.1 Å². The Morgan fingerprint density at radius 1 is 1.18 bits per heavy atom. The van der Waals surface area contributed by atoms with Gasteiger partial charge in [-0.3, -0.25) is 0 Å². The lowest BCUT2D eigenvalue weighted by molar-refractivity contribution is 0.581. The van der Waals surface area contributed by atoms with E-state index in [-0.39, 0.29) is 0 Å². The van der Waals surface area contributed by atoms with Gasteiger partial charge in [0.2, 0.25) is 0 Å². The lowest BCUT2D eigenvalue weighted by Gasteiger charge is -2.17. The Morgan fingerprint density at radius 2 is 1.76 bits per heavy atom. The van der Waals surface area contributed by atoms with Crippen LogP contribution in [0.2, 0.25) is 0 Å². The average molecular weight is 251 g/mol. The third-order valence-electron chi connectivity index (χ3n) is 3.48. The van der Waals surface area contributed by atoms with Gasteiger partial charge < -0.3 is 5.32 Å². The van der Waals surface area contributed by atoms with E-state index in [0.29, 0.717) is 12.0 Å². The Labute approximate surface area is 110 Å². The highest BCUT2D eigenvalue weighted by Crippen LogP contribution is 2.23. The van der Waals surface area contributed by atoms with Crippen LogP contribution in [-0.2, 0) is 0 Å². The van der Waals surface area contributed by atoms with Gasteiger partial charge >= 0.3 is 0 Å². The molecule has 0 fully saturated rings. The van der Waals surface area contributed by atoms with E-state index in [4.69, 9.17) is 0 Å². The number of hydrogen-bond acceptors (Lipinski definition) is 2. The molecule has 0 spiro atoms. The molecule has 0 aromatic heterocycles. The zero-order chi connectivity index (χ0) is 12.7. The lowest BCUT2D eigenvalue weighted by Crippen LogP contribution is -2.17. The molecule has 0 saturated carbocycles. The minimum atomic E-state index is 0.494. The average Bonchev–Trinajstić information content (AvgIpc) is 2.39. The number of rotatable bonds is 7. The molecule has 1 aromatic rings. The number of hydrogen-bond donors (Lipinski definition) is 1. The van der Waals surface area contributed by atoms with Gasteiger partial charge in [0.25, 0.3) is 0 Å². The van der Waals surface area contributed by atoms with E-state index in [2.05, 4.69) is 49.7 Å². The van der Waals surface area contributed by atoms with Gasteiger partial charge in [-0.05, 0) is 48.9 Å². The van der Waals surface area contributed by atoms with Crippen LogP contribution in [0.4, 0.5) is 0 Å². The Kier molecular flexibility index (Phi) is 6.68. The second-order valence-corrected chi connectivity index (χ2v) is 5.58. The molecule has 2 atom stereocenters. The summed E-state index contributed by atoms with van der Waals surface area (Å²) in [5, 5.41) is 3.40. The summed E-state index contributed by atoms with van der Waals surface area (Å²) in [5.74, 6) is 1.88. The SMILES string of the molecule is CCC(C)c1ccc(C(CCSC)NC)cc1. The molecule has 96 valence electrons. The predicted octanol–water partition coefficient (Wildman–Crippen LogP) is 4.21. The summed E-state index contributed by atoms with van der Waals surface area (Å²) in [5.41, 5.74) is 2.87. The Morgan fingerprint density at radius 3 is 2.24 bits per heavy atom. The van der Waals surface area contributed by atoms with Crippen molar-refractivity contribution in [3.63, 3.8) is 0 Å². The summed E-state index contributed by atoms with van der Waals surface area (Å²) in [7, 11) is 2.05. The normalized spacial score (nSPS) is 14.6. The molecule has 0 bridgehead atoms. The van der Waals surface area contributed by atoms with Gasteiger partial charge in [-0.15, -0.1) is 0 Å². The van der Waals surface area contributed by atoms with Gasteiger partial charge in [-0.2, -0.15) is 11.8 Å². The molecule has 17 heavy (non-hydrogen) atoms. The molecule has 2 heteroatoms. The van der Waals surface area contributed by atoms with Crippen LogP contribution in [-0.4, -0.2) is 19.1 Å². The third kappa shape index (κ3) is 4.36. The molecular formula is C15H25NS. The van der Waals surface area contributed by atoms with E-state index < -0.39 is 0 Å². The predicted molar refractivity (Wildman–Crippen MR) is 79.9 cm³/mol. The van der Waals surface area contributed by atoms with Crippen molar-refractivity contribution in [1.29, 1.82) is 0 Å². The maximum Gasteiger partial charge on any atom is 0.0325 e. The summed E-state index contributed by atoms with van der Waals surface area (Å²) in [6.45, 7) is 4.53. The largest absolute Gasteiger partial charge is 0.313 e. The highest BCUT2D eigenvalue weighted by atomic mass is 32.2. The van der Waals surface area contributed by atoms with Crippen LogP contribution in [0.15, 0.2) is 24.3 Å². The summed E-state index contributed by atoms with van der Waals surface area (Å²) < 4.78 is 0. The molecule has 2 unspecified atom stereocenters. The maximum absolute atomic E-state index is 3.40. The zero-order valence-corrected chi connectivity index (χ0v) is 12.3. The minimum Gasteiger partial charge on any atom is -0.313 e. The highest BCUT2D eigenvalue weighted by Gasteiger charge is 2.09. The van der Waals surface area contributed by atoms with Crippen molar-refractivity contribution < 1.29 is 0 Å². The van der Waals surface area contributed by atoms with Crippen molar-refractivity contribution in [3.05, 3.63) is 35.4 Å². The molecular weight excluding hydrogens is 226 g/mol. The van der Waals surface area contributed by atoms with Crippen LogP contribution >= 0.6 is 11.8 Å². The summed E-state index contributed by atoms with van der Waals surface area (Å²) in [6.07, 6.45) is 4.57. The highest BCUT2D eigenvalue weighted by molar-refractivity contribution is 7.98. The first-order valence-electron chi connectivity index (χ1n) is 6.49. The molecule has 0 amide bonds. The maximum atomic E-state index is 3.40. The number of benzene rings is 1. The van der Waals surface area contributed by atoms with E-state index in [0.717, 1.165) is 0 Å². The second-order valence-electron chi connectivity index (χ2n) is 4.60. The molecule has 0 aliphatic rings. The van der Waals surface area contributed by atoms with Crippen molar-refractivity contribution in [2.24, 2.45) is 0 Å². The standard InChI is InChI=1S/C15H25NS/c1-5-12(2)13-6-8-14(9-7-13)15(16-3)10-11-17-4/h6-9,12,15-16H,5,10-11H2,1-4H3. The van der Waals surface area contributed by atoms with Crippen LogP contribution in [0.1, 0.15) is 49.8 Å². The van der Waals surface area contributed by atoms with Crippen LogP contribution in [0.25, 0.3) is 0 Å². The summed E-state index contributed by atoms with van der Waals surface area (Å²) in [4.78, 5) is 0. The fourth-order valence-corrected chi connectivity index (χ4v) is 2.48. The van der Waals surface area contributed by atoms with Crippen molar-refractivity contribution in [3.8, 4) is 0 Å². The molecule has 0 saturated heterocycles. The zero-order valence-electron chi connectivity index (χ0n) is 11.5. The second kappa shape index (κ2) is 7.78. The van der Waals surface area contributed by atoms with Gasteiger partial charge in [0, 0.05) is 6.04 Å². The van der Waals surface area contributed by atoms with E-state index in [1.54, 1.807) is 0 Å². The quantitative estimate of drug-likeness (QED) is 0.779. The molecule has 0 aliphatic carbocycles. The van der Waals surface area contributed by atoms with Crippen LogP contribution < -0.4 is 5.32 Å². The van der Waals surface area contributed by atoms with Crippen LogP contribution in [0, 0.1) is 0 Å². The van der Waals surface area contributed by atoms with Gasteiger partial charge in [0.05, 0.1) is 0 Å². The van der Waals surface area contributed by atoms with Crippen LogP contribution in [0.5, 0.6) is 0 Å². The third-order valence-corrected chi connectivity index (χ3v) is 4.12. The van der Waals surface area contributed by atoms with E-state index >= 15 is 0 Å². The molecule has 0 radical (unpaired) electrons. The van der Waals surface area contributed by atoms with E-state index in [1.165, 1.54) is 29.7 Å². The minimum absolute atomic E-state index is 0.494. The van der Waals surface area contributed by atoms with Crippen molar-refractivity contribution >= 4 is 11.8 Å². The summed E-state index contributed by atoms with van der Waals surface area (Å²) in [6, 6.07) is 9.62. The fourth-order valence-electron chi connectivity index (χ4n) is 2.01. The first kappa shape index (κ1) is 14.6. The molecule has 1 rings (SSSR count). The number of nitrogens with one attached hydrogen (secondary N) is 1. The monoisotopic (exact) mass is 251 g/mol. The van der Waals surface area contributed by atoms with Crippen LogP contribution in [0.3, 0.4) is 0 Å². The van der Waals surface area contributed by atoms with Gasteiger partial charge in [-0.1, -0.05) is 38.1 Å². The van der Waals surface area contributed by atoms with Crippen molar-refractivity contribution in [1.82, 2.24) is 5.32 Å².